The maximum atomic E-state index is 13.3. The number of carbonyl (C=O) groups excluding carboxylic acids is 2. The number of carbonyl (C=O) groups is 2. The van der Waals surface area contributed by atoms with Gasteiger partial charge in [-0.25, -0.2) is 0 Å². The second kappa shape index (κ2) is 8.06. The van der Waals surface area contributed by atoms with E-state index in [4.69, 9.17) is 9.47 Å². The van der Waals surface area contributed by atoms with E-state index < -0.39 is 0 Å². The summed E-state index contributed by atoms with van der Waals surface area (Å²) in [4.78, 5) is 35.9. The number of hydrogen-bond acceptors (Lipinski definition) is 6. The highest BCUT2D eigenvalue weighted by atomic mass is 16.5. The molecule has 3 atom stereocenters. The number of nitrogens with one attached hydrogen (secondary N) is 1. The van der Waals surface area contributed by atoms with Gasteiger partial charge in [0.2, 0.25) is 11.8 Å². The Bertz CT molecular complexity index is 891. The van der Waals surface area contributed by atoms with E-state index in [0.29, 0.717) is 17.0 Å². The molecule has 8 heteroatoms. The number of pyridine rings is 2. The molecule has 2 saturated heterocycles. The highest BCUT2D eigenvalue weighted by Crippen LogP contribution is 2.38. The van der Waals surface area contributed by atoms with Crippen molar-refractivity contribution in [2.24, 2.45) is 0 Å². The molecule has 4 heterocycles. The lowest BCUT2D eigenvalue weighted by molar-refractivity contribution is 0.0545. The molecule has 29 heavy (non-hydrogen) atoms. The number of nitrogens with zero attached hydrogens (tertiary/aromatic N) is 3. The lowest BCUT2D eigenvalue weighted by Gasteiger charge is -2.39. The van der Waals surface area contributed by atoms with Gasteiger partial charge in [-0.2, -0.15) is 4.98 Å². The molecule has 1 unspecified atom stereocenters. The van der Waals surface area contributed by atoms with Gasteiger partial charge in [-0.1, -0.05) is 0 Å². The molecule has 2 aromatic rings. The highest BCUT2D eigenvalue weighted by molar-refractivity contribution is 5.97. The fraction of sp³-hybridized carbons (Fsp3) is 0.429. The van der Waals surface area contributed by atoms with Crippen LogP contribution in [0.5, 0.6) is 11.8 Å². The number of methoxy groups -OCH3 is 2. The molecule has 2 aliphatic rings. The first-order chi connectivity index (χ1) is 14.1. The van der Waals surface area contributed by atoms with Crippen LogP contribution in [0.2, 0.25) is 0 Å². The van der Waals surface area contributed by atoms with Crippen LogP contribution in [0, 0.1) is 0 Å². The topological polar surface area (TPSA) is 93.7 Å². The first kappa shape index (κ1) is 19.2. The molecule has 1 N–H and O–H groups in total. The molecule has 2 bridgehead atoms. The van der Waals surface area contributed by atoms with Crippen molar-refractivity contribution < 1.29 is 19.1 Å². The maximum absolute atomic E-state index is 13.3. The van der Waals surface area contributed by atoms with E-state index in [1.54, 1.807) is 36.7 Å². The molecular weight excluding hydrogens is 372 g/mol. The summed E-state index contributed by atoms with van der Waals surface area (Å²) in [6.45, 7) is 0. The number of piperidine rings is 1. The third kappa shape index (κ3) is 3.74. The minimum atomic E-state index is -0.0994. The van der Waals surface area contributed by atoms with Gasteiger partial charge in [-0.3, -0.25) is 14.6 Å². The van der Waals surface area contributed by atoms with Crippen LogP contribution in [0.15, 0.2) is 36.7 Å². The van der Waals surface area contributed by atoms with Gasteiger partial charge in [0.1, 0.15) is 5.56 Å². The van der Waals surface area contributed by atoms with Gasteiger partial charge in [0.15, 0.2) is 0 Å². The second-order valence-electron chi connectivity index (χ2n) is 7.39. The zero-order valence-corrected chi connectivity index (χ0v) is 16.5. The van der Waals surface area contributed by atoms with Gasteiger partial charge in [0, 0.05) is 42.1 Å². The van der Waals surface area contributed by atoms with Crippen LogP contribution in [-0.2, 0) is 0 Å². The van der Waals surface area contributed by atoms with E-state index in [9.17, 15) is 9.59 Å². The molecule has 2 amide bonds. The third-order valence-corrected chi connectivity index (χ3v) is 5.71. The Morgan fingerprint density at radius 2 is 1.72 bits per heavy atom. The maximum Gasteiger partial charge on any atom is 0.259 e. The van der Waals surface area contributed by atoms with Crippen LogP contribution in [-0.4, -0.2) is 59.0 Å². The molecule has 2 fully saturated rings. The number of rotatable bonds is 5. The average molecular weight is 396 g/mol. The smallest absolute Gasteiger partial charge is 0.259 e. The summed E-state index contributed by atoms with van der Waals surface area (Å²) in [5.74, 6) is 0.488. The quantitative estimate of drug-likeness (QED) is 0.832. The summed E-state index contributed by atoms with van der Waals surface area (Å²) < 4.78 is 10.4. The number of hydrogen-bond donors (Lipinski definition) is 1. The normalized spacial score (nSPS) is 22.8. The molecule has 0 aromatic carbocycles. The molecule has 152 valence electrons. The number of aromatic nitrogens is 2. The lowest BCUT2D eigenvalue weighted by Crippen LogP contribution is -2.52. The van der Waals surface area contributed by atoms with Crippen molar-refractivity contribution in [2.75, 3.05) is 14.2 Å². The van der Waals surface area contributed by atoms with Crippen LogP contribution in [0.25, 0.3) is 0 Å². The summed E-state index contributed by atoms with van der Waals surface area (Å²) in [5.41, 5.74) is 1.03. The molecule has 0 spiro atoms. The second-order valence-corrected chi connectivity index (χ2v) is 7.39. The third-order valence-electron chi connectivity index (χ3n) is 5.71. The fourth-order valence-corrected chi connectivity index (χ4v) is 4.39. The Labute approximate surface area is 169 Å². The Morgan fingerprint density at radius 1 is 1.03 bits per heavy atom. The molecule has 8 nitrogen and oxygen atoms in total. The summed E-state index contributed by atoms with van der Waals surface area (Å²) >= 11 is 0. The summed E-state index contributed by atoms with van der Waals surface area (Å²) in [6, 6.07) is 7.00. The minimum absolute atomic E-state index is 0.0492. The van der Waals surface area contributed by atoms with Gasteiger partial charge in [-0.15, -0.1) is 0 Å². The first-order valence-electron chi connectivity index (χ1n) is 9.73. The van der Waals surface area contributed by atoms with Gasteiger partial charge in [0.25, 0.3) is 11.8 Å². The van der Waals surface area contributed by atoms with Crippen LogP contribution >= 0.6 is 0 Å². The highest BCUT2D eigenvalue weighted by Gasteiger charge is 2.44. The Hall–Kier alpha value is -3.16. The minimum Gasteiger partial charge on any atom is -0.481 e. The molecular formula is C21H24N4O4. The number of fused-ring (bicyclic) bond motifs is 2. The van der Waals surface area contributed by atoms with Crippen molar-refractivity contribution in [2.45, 2.75) is 43.8 Å². The molecule has 4 rings (SSSR count). The van der Waals surface area contributed by atoms with Crippen molar-refractivity contribution in [1.82, 2.24) is 20.2 Å². The standard InChI is InChI=1S/C21H24N4O4/c1-28-18-6-5-17(20(24-18)29-2)21(27)25-15-3-4-16(25)12-14(11-15)23-19(26)13-7-9-22-10-8-13/h5-10,14-16H,3-4,11-12H2,1-2H3,(H,23,26)/t14?,15-,16+. The lowest BCUT2D eigenvalue weighted by atomic mass is 9.96. The van der Waals surface area contributed by atoms with E-state index in [-0.39, 0.29) is 35.8 Å². The zero-order valence-electron chi connectivity index (χ0n) is 16.5. The van der Waals surface area contributed by atoms with Gasteiger partial charge >= 0.3 is 0 Å². The summed E-state index contributed by atoms with van der Waals surface area (Å²) in [7, 11) is 3.02. The van der Waals surface area contributed by atoms with Gasteiger partial charge in [-0.05, 0) is 43.9 Å². The van der Waals surface area contributed by atoms with Crippen molar-refractivity contribution in [1.29, 1.82) is 0 Å². The SMILES string of the molecule is COc1ccc(C(=O)N2[C@@H]3CC[C@H]2CC(NC(=O)c2ccncc2)C3)c(OC)n1. The van der Waals surface area contributed by atoms with E-state index in [2.05, 4.69) is 15.3 Å². The Kier molecular flexibility index (Phi) is 5.33. The fourth-order valence-electron chi connectivity index (χ4n) is 4.39. The molecule has 0 saturated carbocycles. The predicted molar refractivity (Wildman–Crippen MR) is 105 cm³/mol. The van der Waals surface area contributed by atoms with E-state index in [0.717, 1.165) is 25.7 Å². The number of ether oxygens (including phenoxy) is 2. The van der Waals surface area contributed by atoms with Crippen LogP contribution < -0.4 is 14.8 Å². The Morgan fingerprint density at radius 3 is 2.34 bits per heavy atom. The molecule has 0 radical (unpaired) electrons. The molecule has 2 aromatic heterocycles. The van der Waals surface area contributed by atoms with E-state index in [1.807, 2.05) is 4.90 Å². The van der Waals surface area contributed by atoms with Crippen molar-refractivity contribution >= 4 is 11.8 Å². The largest absolute Gasteiger partial charge is 0.481 e. The first-order valence-corrected chi connectivity index (χ1v) is 9.73. The van der Waals surface area contributed by atoms with E-state index in [1.165, 1.54) is 14.2 Å². The van der Waals surface area contributed by atoms with E-state index >= 15 is 0 Å². The number of amides is 2. The van der Waals surface area contributed by atoms with Crippen LogP contribution in [0.3, 0.4) is 0 Å². The zero-order chi connectivity index (χ0) is 20.4. The summed E-state index contributed by atoms with van der Waals surface area (Å²) in [5, 5.41) is 3.11. The van der Waals surface area contributed by atoms with Crippen molar-refractivity contribution in [3.63, 3.8) is 0 Å². The van der Waals surface area contributed by atoms with Crippen molar-refractivity contribution in [3.8, 4) is 11.8 Å². The monoisotopic (exact) mass is 396 g/mol. The predicted octanol–water partition coefficient (Wildman–Crippen LogP) is 2.06. The molecule has 0 aliphatic carbocycles. The molecule has 2 aliphatic heterocycles. The van der Waals surface area contributed by atoms with Crippen LogP contribution in [0.1, 0.15) is 46.4 Å². The summed E-state index contributed by atoms with van der Waals surface area (Å²) in [6.07, 6.45) is 6.57. The van der Waals surface area contributed by atoms with Crippen molar-refractivity contribution in [3.05, 3.63) is 47.8 Å². The average Bonchev–Trinajstić information content (AvgIpc) is 3.03. The van der Waals surface area contributed by atoms with Crippen LogP contribution in [0.4, 0.5) is 0 Å². The van der Waals surface area contributed by atoms with Gasteiger partial charge < -0.3 is 19.7 Å². The Balaban J connectivity index is 1.47. The van der Waals surface area contributed by atoms with Gasteiger partial charge in [0.05, 0.1) is 14.2 Å².